The minimum atomic E-state index is -1.05. The van der Waals surface area contributed by atoms with Gasteiger partial charge in [0.25, 0.3) is 5.91 Å². The number of ketones is 1. The van der Waals surface area contributed by atoms with E-state index in [-0.39, 0.29) is 11.7 Å². The lowest BCUT2D eigenvalue weighted by Crippen LogP contribution is -2.51. The number of amides is 1. The third-order valence-electron chi connectivity index (χ3n) is 5.96. The fourth-order valence-corrected chi connectivity index (χ4v) is 7.84. The number of Topliss-reactive ketones (excluding diaryl/α,β-unsaturated/α-hetero) is 1. The number of hydrogen-bond acceptors (Lipinski definition) is 7. The predicted octanol–water partition coefficient (Wildman–Crippen LogP) is 7.24. The van der Waals surface area contributed by atoms with Crippen LogP contribution in [0.15, 0.2) is 112 Å². The number of thioether (sulfide) groups is 2. The molecule has 0 saturated carbocycles. The van der Waals surface area contributed by atoms with Crippen molar-refractivity contribution in [1.82, 2.24) is 0 Å². The number of hydrogen-bond donors (Lipinski definition) is 0. The number of hydrazone groups is 1. The summed E-state index contributed by atoms with van der Waals surface area (Å²) in [6.45, 7) is 2.03. The van der Waals surface area contributed by atoms with Crippen LogP contribution >= 0.6 is 34.9 Å². The highest BCUT2D eigenvalue weighted by Gasteiger charge is 2.60. The molecule has 1 unspecified atom stereocenters. The third kappa shape index (κ3) is 4.31. The average Bonchev–Trinajstić information content (AvgIpc) is 3.65. The van der Waals surface area contributed by atoms with Gasteiger partial charge in [-0.2, -0.15) is 5.10 Å². The third-order valence-corrected chi connectivity index (χ3v) is 9.54. The number of thiophene rings is 1. The van der Waals surface area contributed by atoms with E-state index in [9.17, 15) is 9.59 Å². The van der Waals surface area contributed by atoms with Crippen molar-refractivity contribution >= 4 is 69.0 Å². The van der Waals surface area contributed by atoms with Gasteiger partial charge >= 0.3 is 0 Å². The average molecular weight is 540 g/mol. The van der Waals surface area contributed by atoms with Crippen LogP contribution in [-0.4, -0.2) is 21.1 Å². The summed E-state index contributed by atoms with van der Waals surface area (Å²) in [7, 11) is 0. The van der Waals surface area contributed by atoms with E-state index in [4.69, 9.17) is 5.10 Å². The molecule has 1 fully saturated rings. The Morgan fingerprint density at radius 2 is 1.54 bits per heavy atom. The van der Waals surface area contributed by atoms with Crippen molar-refractivity contribution in [1.29, 1.82) is 0 Å². The van der Waals surface area contributed by atoms with Crippen LogP contribution in [0.5, 0.6) is 0 Å². The smallest absolute Gasteiger partial charge is 0.268 e. The quantitative estimate of drug-likeness (QED) is 0.198. The van der Waals surface area contributed by atoms with Crippen LogP contribution < -0.4 is 9.91 Å². The molecule has 1 atom stereocenters. The molecule has 0 aliphatic carbocycles. The van der Waals surface area contributed by atoms with Crippen molar-refractivity contribution in [3.63, 3.8) is 0 Å². The second-order valence-electron chi connectivity index (χ2n) is 8.51. The molecule has 4 aromatic rings. The Morgan fingerprint density at radius 1 is 0.838 bits per heavy atom. The second kappa shape index (κ2) is 9.70. The molecule has 2 aliphatic heterocycles. The first-order valence-electron chi connectivity index (χ1n) is 11.6. The molecule has 1 saturated heterocycles. The number of anilines is 2. The summed E-state index contributed by atoms with van der Waals surface area (Å²) in [5.74, 6) is -0.278. The van der Waals surface area contributed by atoms with E-state index in [1.807, 2.05) is 114 Å². The number of benzene rings is 3. The molecule has 1 amide bonds. The van der Waals surface area contributed by atoms with E-state index >= 15 is 0 Å². The van der Waals surface area contributed by atoms with E-state index < -0.39 is 4.33 Å². The van der Waals surface area contributed by atoms with Crippen molar-refractivity contribution < 1.29 is 9.59 Å². The maximum absolute atomic E-state index is 14.1. The summed E-state index contributed by atoms with van der Waals surface area (Å²) < 4.78 is -1.05. The largest absolute Gasteiger partial charge is 0.285 e. The van der Waals surface area contributed by atoms with Gasteiger partial charge in [0.1, 0.15) is 0 Å². The maximum atomic E-state index is 14.1. The van der Waals surface area contributed by atoms with Gasteiger partial charge in [0.2, 0.25) is 10.1 Å². The first kappa shape index (κ1) is 23.8. The summed E-state index contributed by atoms with van der Waals surface area (Å²) in [6, 6.07) is 31.0. The Labute approximate surface area is 227 Å². The molecular weight excluding hydrogens is 519 g/mol. The number of aryl methyl sites for hydroxylation is 1. The minimum absolute atomic E-state index is 0.135. The molecule has 8 heteroatoms. The van der Waals surface area contributed by atoms with E-state index in [1.54, 1.807) is 11.0 Å². The van der Waals surface area contributed by atoms with Gasteiger partial charge in [-0.25, -0.2) is 5.01 Å². The van der Waals surface area contributed by atoms with Crippen molar-refractivity contribution in [2.75, 3.05) is 9.91 Å². The Morgan fingerprint density at radius 3 is 2.22 bits per heavy atom. The fraction of sp³-hybridized carbons (Fsp3) is 0.0690. The fourth-order valence-electron chi connectivity index (χ4n) is 4.18. The summed E-state index contributed by atoms with van der Waals surface area (Å²) in [5.41, 5.74) is 3.59. The van der Waals surface area contributed by atoms with Crippen LogP contribution in [0.25, 0.3) is 6.08 Å². The Balaban J connectivity index is 1.52. The van der Waals surface area contributed by atoms with Crippen LogP contribution in [0.2, 0.25) is 0 Å². The van der Waals surface area contributed by atoms with Crippen LogP contribution in [0.1, 0.15) is 20.8 Å². The molecule has 182 valence electrons. The normalized spacial score (nSPS) is 20.2. The van der Waals surface area contributed by atoms with Crippen molar-refractivity contribution in [3.8, 4) is 0 Å². The zero-order chi connectivity index (χ0) is 25.4. The first-order valence-corrected chi connectivity index (χ1v) is 14.1. The van der Waals surface area contributed by atoms with Gasteiger partial charge in [-0.15, -0.1) is 11.3 Å². The lowest BCUT2D eigenvalue weighted by atomic mass is 10.2. The number of para-hydroxylation sites is 1. The lowest BCUT2D eigenvalue weighted by molar-refractivity contribution is -0.114. The zero-order valence-electron chi connectivity index (χ0n) is 19.8. The van der Waals surface area contributed by atoms with Gasteiger partial charge in [-0.1, -0.05) is 84.1 Å². The highest BCUT2D eigenvalue weighted by Crippen LogP contribution is 2.59. The SMILES string of the molecule is Cc1ccc(N2N=C(C(=O)c3cccs3)SC23S/C(=C/c2ccccc2)C(=O)N3c2ccccc2)cc1. The van der Waals surface area contributed by atoms with Crippen LogP contribution in [0.3, 0.4) is 0 Å². The lowest BCUT2D eigenvalue weighted by Gasteiger charge is -2.38. The van der Waals surface area contributed by atoms with Gasteiger partial charge in [-0.3, -0.25) is 14.5 Å². The summed E-state index contributed by atoms with van der Waals surface area (Å²) in [6.07, 6.45) is 1.91. The molecule has 3 heterocycles. The molecule has 0 bridgehead atoms. The van der Waals surface area contributed by atoms with Crippen LogP contribution in [-0.2, 0) is 4.79 Å². The van der Waals surface area contributed by atoms with Gasteiger partial charge in [0.05, 0.1) is 15.5 Å². The molecule has 1 aromatic heterocycles. The Kier molecular flexibility index (Phi) is 6.24. The van der Waals surface area contributed by atoms with Gasteiger partial charge in [-0.05, 0) is 66.0 Å². The standard InChI is InChI=1S/C29H21N3O2S3/c1-20-14-16-23(17-15-20)32-29(37-27(30-32)26(33)24-13-8-18-35-24)31(22-11-6-3-7-12-22)28(34)25(36-29)19-21-9-4-2-5-10-21/h2-19H,1H3/b25-19+. The summed E-state index contributed by atoms with van der Waals surface area (Å²) >= 11 is 4.12. The Hall–Kier alpha value is -3.59. The van der Waals surface area contributed by atoms with Crippen molar-refractivity contribution in [2.24, 2.45) is 5.10 Å². The highest BCUT2D eigenvalue weighted by molar-refractivity contribution is 8.29. The minimum Gasteiger partial charge on any atom is -0.285 e. The maximum Gasteiger partial charge on any atom is 0.268 e. The molecule has 0 radical (unpaired) electrons. The molecule has 3 aromatic carbocycles. The molecule has 37 heavy (non-hydrogen) atoms. The molecule has 1 spiro atoms. The molecular formula is C29H21N3O2S3. The van der Waals surface area contributed by atoms with Gasteiger partial charge in [0.15, 0.2) is 5.04 Å². The molecule has 0 N–H and O–H groups in total. The highest BCUT2D eigenvalue weighted by atomic mass is 32.2. The van der Waals surface area contributed by atoms with E-state index in [0.29, 0.717) is 14.8 Å². The van der Waals surface area contributed by atoms with Crippen LogP contribution in [0, 0.1) is 6.92 Å². The first-order chi connectivity index (χ1) is 18.0. The Bertz CT molecular complexity index is 1520. The monoisotopic (exact) mass is 539 g/mol. The van der Waals surface area contributed by atoms with E-state index in [0.717, 1.165) is 22.5 Å². The molecule has 2 aliphatic rings. The van der Waals surface area contributed by atoms with E-state index in [2.05, 4.69) is 0 Å². The summed E-state index contributed by atoms with van der Waals surface area (Å²) in [4.78, 5) is 30.5. The number of rotatable bonds is 5. The van der Waals surface area contributed by atoms with Crippen molar-refractivity contribution in [2.45, 2.75) is 11.3 Å². The number of carbonyl (C=O) groups is 2. The van der Waals surface area contributed by atoms with Crippen LogP contribution in [0.4, 0.5) is 11.4 Å². The second-order valence-corrected chi connectivity index (χ2v) is 12.1. The molecule has 5 nitrogen and oxygen atoms in total. The predicted molar refractivity (Wildman–Crippen MR) is 156 cm³/mol. The topological polar surface area (TPSA) is 53.0 Å². The van der Waals surface area contributed by atoms with Crippen molar-refractivity contribution in [3.05, 3.63) is 123 Å². The van der Waals surface area contributed by atoms with Gasteiger partial charge < -0.3 is 0 Å². The summed E-state index contributed by atoms with van der Waals surface area (Å²) in [5, 5.41) is 8.91. The number of carbonyl (C=O) groups excluding carboxylic acids is 2. The zero-order valence-corrected chi connectivity index (χ0v) is 22.2. The number of nitrogens with zero attached hydrogens (tertiary/aromatic N) is 3. The van der Waals surface area contributed by atoms with Gasteiger partial charge in [0, 0.05) is 5.69 Å². The molecule has 6 rings (SSSR count). The van der Waals surface area contributed by atoms with E-state index in [1.165, 1.54) is 34.9 Å².